The Bertz CT molecular complexity index is 854. The Kier molecular flexibility index (Phi) is 4.13. The van der Waals surface area contributed by atoms with Crippen LogP contribution >= 0.6 is 0 Å². The van der Waals surface area contributed by atoms with Gasteiger partial charge in [0.05, 0.1) is 10.8 Å². The summed E-state index contributed by atoms with van der Waals surface area (Å²) in [5, 5.41) is 1.46. The number of allylic oxidation sites excluding steroid dienone is 3. The zero-order chi connectivity index (χ0) is 17.7. The van der Waals surface area contributed by atoms with Gasteiger partial charge in [-0.3, -0.25) is 13.9 Å². The third-order valence-electron chi connectivity index (χ3n) is 4.06. The first kappa shape index (κ1) is 17.6. The van der Waals surface area contributed by atoms with Crippen LogP contribution in [0, 0.1) is 17.8 Å². The van der Waals surface area contributed by atoms with Gasteiger partial charge in [-0.1, -0.05) is 13.0 Å². The van der Waals surface area contributed by atoms with E-state index in [1.54, 1.807) is 0 Å². The van der Waals surface area contributed by atoms with Crippen LogP contribution in [0.5, 0.6) is 0 Å². The van der Waals surface area contributed by atoms with Crippen molar-refractivity contribution in [1.82, 2.24) is 0 Å². The number of ketones is 1. The topological polar surface area (TPSA) is 190 Å². The van der Waals surface area contributed by atoms with Crippen molar-refractivity contribution in [1.29, 1.82) is 0 Å². The van der Waals surface area contributed by atoms with Crippen LogP contribution in [0.1, 0.15) is 6.92 Å². The number of nitrogens with zero attached hydrogens (tertiary/aromatic N) is 1. The van der Waals surface area contributed by atoms with Crippen LogP contribution in [-0.2, 0) is 25.0 Å². The van der Waals surface area contributed by atoms with Crippen molar-refractivity contribution in [3.05, 3.63) is 22.8 Å². The molecule has 4 unspecified atom stereocenters. The van der Waals surface area contributed by atoms with Crippen LogP contribution in [0.3, 0.4) is 0 Å². The summed E-state index contributed by atoms with van der Waals surface area (Å²) < 4.78 is 64.2. The van der Waals surface area contributed by atoms with Gasteiger partial charge >= 0.3 is 0 Å². The van der Waals surface area contributed by atoms with Crippen molar-refractivity contribution in [2.45, 2.75) is 12.2 Å². The zero-order valence-electron chi connectivity index (χ0n) is 11.8. The van der Waals surface area contributed by atoms with E-state index in [0.29, 0.717) is 0 Å². The number of Topliss-reactive ketones (excluding diaryl/α,β-unsaturated/α-hetero) is 1. The van der Waals surface area contributed by atoms with Crippen molar-refractivity contribution in [2.75, 3.05) is 0 Å². The second-order valence-corrected chi connectivity index (χ2v) is 8.38. The van der Waals surface area contributed by atoms with Gasteiger partial charge in [0.15, 0.2) is 5.78 Å². The average molecular weight is 365 g/mol. The van der Waals surface area contributed by atoms with Gasteiger partial charge in [0.25, 0.3) is 20.2 Å². The van der Waals surface area contributed by atoms with Crippen LogP contribution in [0.25, 0.3) is 0 Å². The molecule has 0 aromatic rings. The summed E-state index contributed by atoms with van der Waals surface area (Å²) in [7, 11) is -9.32. The van der Waals surface area contributed by atoms with Gasteiger partial charge in [-0.2, -0.15) is 21.9 Å². The zero-order valence-corrected chi connectivity index (χ0v) is 13.5. The fraction of sp³-hybridized carbons (Fsp3) is 0.455. The first-order chi connectivity index (χ1) is 10.4. The number of rotatable bonds is 2. The number of fused-ring (bicyclic) bond motifs is 1. The molecule has 0 aromatic carbocycles. The summed E-state index contributed by atoms with van der Waals surface area (Å²) in [6, 6.07) is 0. The van der Waals surface area contributed by atoms with Crippen LogP contribution in [0.4, 0.5) is 0 Å². The molecule has 0 heterocycles. The summed E-state index contributed by atoms with van der Waals surface area (Å²) in [6.07, 6.45) is 1.97. The Morgan fingerprint density at radius 1 is 1.22 bits per heavy atom. The van der Waals surface area contributed by atoms with Gasteiger partial charge in [-0.25, -0.2) is 0 Å². The predicted octanol–water partition coefficient (Wildman–Crippen LogP) is -1.36. The number of nitrogens with two attached hydrogens (primary N) is 2. The number of carbonyl (C=O) groups excluding carboxylic acids is 1. The molecule has 0 radical (unpaired) electrons. The lowest BCUT2D eigenvalue weighted by molar-refractivity contribution is -0.118. The first-order valence-corrected chi connectivity index (χ1v) is 9.28. The fourth-order valence-electron chi connectivity index (χ4n) is 3.05. The number of hydrogen-bond acceptors (Lipinski definition) is 8. The third-order valence-corrected chi connectivity index (χ3v) is 6.20. The minimum Gasteiger partial charge on any atom is -0.401 e. The molecule has 2 aliphatic carbocycles. The minimum atomic E-state index is -4.72. The molecule has 2 aliphatic rings. The number of carbonyl (C=O) groups is 1. The SMILES string of the molecule is CC1C2C=C(S(=O)(=O)O)C=C(N)C2C(=O)C(=NN)C1S(=O)(=O)O. The summed E-state index contributed by atoms with van der Waals surface area (Å²) in [6.45, 7) is 1.38. The Balaban J connectivity index is 2.66. The van der Waals surface area contributed by atoms with Gasteiger partial charge in [0, 0.05) is 5.70 Å². The Hall–Kier alpha value is -1.76. The van der Waals surface area contributed by atoms with Gasteiger partial charge in [-0.05, 0) is 17.9 Å². The Morgan fingerprint density at radius 3 is 2.22 bits per heavy atom. The fourth-order valence-corrected chi connectivity index (χ4v) is 4.85. The largest absolute Gasteiger partial charge is 0.401 e. The highest BCUT2D eigenvalue weighted by atomic mass is 32.2. The molecule has 10 nitrogen and oxygen atoms in total. The lowest BCUT2D eigenvalue weighted by Gasteiger charge is -2.40. The highest BCUT2D eigenvalue weighted by molar-refractivity contribution is 7.90. The molecular weight excluding hydrogens is 350 g/mol. The minimum absolute atomic E-state index is 0.170. The van der Waals surface area contributed by atoms with Crippen molar-refractivity contribution in [3.63, 3.8) is 0 Å². The van der Waals surface area contributed by atoms with Crippen molar-refractivity contribution >= 4 is 31.7 Å². The molecule has 6 N–H and O–H groups in total. The third kappa shape index (κ3) is 2.89. The normalized spacial score (nSPS) is 33.9. The standard InChI is InChI=1S/C11H15N3O7S2/c1-4-6-2-5(22(16,17)18)3-7(12)8(6)10(15)9(14-13)11(4)23(19,20)21/h2-4,6,8,11H,12-13H2,1H3,(H,16,17,18)(H,19,20,21). The molecule has 2 rings (SSSR count). The molecule has 1 fully saturated rings. The van der Waals surface area contributed by atoms with E-state index in [9.17, 15) is 26.2 Å². The maximum atomic E-state index is 12.4. The van der Waals surface area contributed by atoms with Gasteiger partial charge in [0.2, 0.25) is 0 Å². The van der Waals surface area contributed by atoms with E-state index in [4.69, 9.17) is 16.1 Å². The summed E-state index contributed by atoms with van der Waals surface area (Å²) in [5.41, 5.74) is 4.99. The molecule has 128 valence electrons. The maximum Gasteiger partial charge on any atom is 0.294 e. The quantitative estimate of drug-likeness (QED) is 0.260. The van der Waals surface area contributed by atoms with E-state index in [2.05, 4.69) is 5.10 Å². The molecular formula is C11H15N3O7S2. The lowest BCUT2D eigenvalue weighted by atomic mass is 9.68. The lowest BCUT2D eigenvalue weighted by Crippen LogP contribution is -2.54. The summed E-state index contributed by atoms with van der Waals surface area (Å²) in [5.74, 6) is 1.26. The number of hydrogen-bond donors (Lipinski definition) is 4. The summed E-state index contributed by atoms with van der Waals surface area (Å²) in [4.78, 5) is 11.9. The van der Waals surface area contributed by atoms with E-state index >= 15 is 0 Å². The van der Waals surface area contributed by atoms with Crippen LogP contribution in [-0.4, -0.2) is 42.7 Å². The predicted molar refractivity (Wildman–Crippen MR) is 80.0 cm³/mol. The molecule has 0 bridgehead atoms. The summed E-state index contributed by atoms with van der Waals surface area (Å²) >= 11 is 0. The second-order valence-electron chi connectivity index (χ2n) is 5.42. The van der Waals surface area contributed by atoms with Crippen molar-refractivity contribution in [3.8, 4) is 0 Å². The Morgan fingerprint density at radius 2 is 1.78 bits per heavy atom. The smallest absolute Gasteiger partial charge is 0.294 e. The van der Waals surface area contributed by atoms with E-state index in [1.165, 1.54) is 6.92 Å². The van der Waals surface area contributed by atoms with Crippen molar-refractivity contribution < 1.29 is 30.7 Å². The molecule has 12 heteroatoms. The van der Waals surface area contributed by atoms with E-state index in [0.717, 1.165) is 12.2 Å². The molecule has 0 saturated heterocycles. The average Bonchev–Trinajstić information content (AvgIpc) is 2.39. The van der Waals surface area contributed by atoms with Gasteiger partial charge in [0.1, 0.15) is 11.0 Å². The molecule has 0 amide bonds. The van der Waals surface area contributed by atoms with Crippen LogP contribution < -0.4 is 11.6 Å². The van der Waals surface area contributed by atoms with Gasteiger partial charge in [-0.15, -0.1) is 0 Å². The first-order valence-electron chi connectivity index (χ1n) is 6.34. The highest BCUT2D eigenvalue weighted by Gasteiger charge is 2.52. The molecule has 0 spiro atoms. The molecule has 1 saturated carbocycles. The molecule has 4 atom stereocenters. The molecule has 0 aliphatic heterocycles. The number of hydrazone groups is 1. The van der Waals surface area contributed by atoms with Crippen molar-refractivity contribution in [2.24, 2.45) is 34.4 Å². The van der Waals surface area contributed by atoms with Crippen LogP contribution in [0.2, 0.25) is 0 Å². The van der Waals surface area contributed by atoms with Crippen LogP contribution in [0.15, 0.2) is 27.9 Å². The monoisotopic (exact) mass is 365 g/mol. The highest BCUT2D eigenvalue weighted by Crippen LogP contribution is 2.41. The van der Waals surface area contributed by atoms with E-state index in [-0.39, 0.29) is 5.70 Å². The Labute approximate surface area is 132 Å². The molecule has 0 aromatic heterocycles. The second kappa shape index (κ2) is 5.40. The van der Waals surface area contributed by atoms with Gasteiger partial charge < -0.3 is 11.6 Å². The van der Waals surface area contributed by atoms with E-state index < -0.39 is 59.6 Å². The maximum absolute atomic E-state index is 12.4. The van der Waals surface area contributed by atoms with E-state index in [1.807, 2.05) is 0 Å². The molecule has 23 heavy (non-hydrogen) atoms.